The van der Waals surface area contributed by atoms with Gasteiger partial charge in [0.2, 0.25) is 5.91 Å². The highest BCUT2D eigenvalue weighted by Crippen LogP contribution is 2.49. The fourth-order valence-electron chi connectivity index (χ4n) is 5.18. The highest BCUT2D eigenvalue weighted by molar-refractivity contribution is 8.03. The monoisotopic (exact) mass is 715 g/mol. The summed E-state index contributed by atoms with van der Waals surface area (Å²) in [5.74, 6) is -1.84. The summed E-state index contributed by atoms with van der Waals surface area (Å²) in [5.41, 5.74) is 1.01. The molecule has 3 unspecified atom stereocenters. The number of carbonyl (C=O) groups is 3. The smallest absolute Gasteiger partial charge is 0.456 e. The molecule has 2 aliphatic heterocycles. The summed E-state index contributed by atoms with van der Waals surface area (Å²) in [6.45, 7) is 14.5. The second-order valence-electron chi connectivity index (χ2n) is 13.6. The van der Waals surface area contributed by atoms with Crippen molar-refractivity contribution in [2.45, 2.75) is 89.8 Å². The van der Waals surface area contributed by atoms with Crippen LogP contribution < -0.4 is 0 Å². The van der Waals surface area contributed by atoms with Crippen molar-refractivity contribution in [2.75, 3.05) is 6.61 Å². The first-order valence-corrected chi connectivity index (χ1v) is 19.5. The third-order valence-electron chi connectivity index (χ3n) is 9.00. The van der Waals surface area contributed by atoms with Crippen LogP contribution in [0.3, 0.4) is 0 Å². The molecule has 0 N–H and O–H groups in total. The minimum atomic E-state index is -2.04. The number of nitro groups is 2. The molecule has 2 heterocycles. The van der Waals surface area contributed by atoms with Gasteiger partial charge in [0.05, 0.1) is 21.8 Å². The number of thioether (sulfide) groups is 1. The molecule has 0 radical (unpaired) electrons. The molecule has 2 aromatic rings. The van der Waals surface area contributed by atoms with Gasteiger partial charge in [0.1, 0.15) is 25.0 Å². The number of fused-ring (bicyclic) bond motifs is 1. The number of hydrogen-bond acceptors (Lipinski definition) is 12. The van der Waals surface area contributed by atoms with Gasteiger partial charge in [-0.15, -0.1) is 11.8 Å². The van der Waals surface area contributed by atoms with E-state index >= 15 is 0 Å². The van der Waals surface area contributed by atoms with Gasteiger partial charge in [-0.1, -0.05) is 27.7 Å². The molecule has 16 heteroatoms. The van der Waals surface area contributed by atoms with E-state index in [1.807, 2.05) is 6.92 Å². The molecule has 264 valence electrons. The maximum atomic E-state index is 13.5. The minimum absolute atomic E-state index is 0.0143. The van der Waals surface area contributed by atoms with Gasteiger partial charge in [-0.2, -0.15) is 0 Å². The van der Waals surface area contributed by atoms with E-state index in [1.54, 1.807) is 6.92 Å². The summed E-state index contributed by atoms with van der Waals surface area (Å²) < 4.78 is 22.6. The van der Waals surface area contributed by atoms with Gasteiger partial charge in [-0.05, 0) is 60.4 Å². The standard InChI is InChI=1S/C33H41N3O11SSi/c1-20(17-46-49(6,7)33(3,4)5)48-27-16-26-28(21(2)47-32(39)45-19-23-10-14-25(15-11-23)36(42)43)30(37)34(26)29(27)31(38)44-18-22-8-12-24(13-9-22)35(40)41/h8-15,20-21,26,28H,16-19H2,1-7H3/t20?,21?,26-,28?/m1/s1. The number of amides is 1. The van der Waals surface area contributed by atoms with Crippen LogP contribution in [0.25, 0.3) is 0 Å². The lowest BCUT2D eigenvalue weighted by Crippen LogP contribution is -2.62. The summed E-state index contributed by atoms with van der Waals surface area (Å²) in [6.07, 6.45) is -1.53. The predicted octanol–water partition coefficient (Wildman–Crippen LogP) is 6.87. The molecule has 2 aliphatic rings. The van der Waals surface area contributed by atoms with Crippen molar-refractivity contribution in [3.8, 4) is 0 Å². The van der Waals surface area contributed by atoms with Crippen LogP contribution in [0.1, 0.15) is 52.2 Å². The van der Waals surface area contributed by atoms with Crippen molar-refractivity contribution in [3.63, 3.8) is 0 Å². The molecule has 0 aromatic heterocycles. The molecule has 4 rings (SSSR count). The van der Waals surface area contributed by atoms with Gasteiger partial charge in [-0.3, -0.25) is 25.0 Å². The summed E-state index contributed by atoms with van der Waals surface area (Å²) in [5, 5.41) is 21.8. The van der Waals surface area contributed by atoms with E-state index in [-0.39, 0.29) is 40.6 Å². The van der Waals surface area contributed by atoms with Crippen LogP contribution in [0.15, 0.2) is 59.1 Å². The summed E-state index contributed by atoms with van der Waals surface area (Å²) in [6, 6.07) is 10.7. The number of non-ortho nitro benzene ring substituents is 2. The second kappa shape index (κ2) is 15.1. The number of nitrogens with zero attached hydrogens (tertiary/aromatic N) is 3. The molecule has 0 spiro atoms. The van der Waals surface area contributed by atoms with Crippen LogP contribution in [0.5, 0.6) is 0 Å². The Hall–Kier alpha value is -4.28. The Labute approximate surface area is 289 Å². The van der Waals surface area contributed by atoms with Crippen LogP contribution in [-0.2, 0) is 41.4 Å². The third-order valence-corrected chi connectivity index (χ3v) is 14.7. The normalized spacial score (nSPS) is 18.7. The highest BCUT2D eigenvalue weighted by atomic mass is 32.2. The van der Waals surface area contributed by atoms with Crippen LogP contribution in [0.2, 0.25) is 18.1 Å². The van der Waals surface area contributed by atoms with Crippen LogP contribution in [-0.4, -0.2) is 65.1 Å². The Morgan fingerprint density at radius 3 is 1.94 bits per heavy atom. The molecule has 4 atom stereocenters. The largest absolute Gasteiger partial charge is 0.508 e. The van der Waals surface area contributed by atoms with E-state index in [1.165, 1.54) is 65.2 Å². The van der Waals surface area contributed by atoms with Crippen LogP contribution in [0, 0.1) is 26.1 Å². The topological polar surface area (TPSA) is 178 Å². The second-order valence-corrected chi connectivity index (χ2v) is 19.9. The lowest BCUT2D eigenvalue weighted by Gasteiger charge is -2.45. The average Bonchev–Trinajstić information content (AvgIpc) is 3.35. The Kier molecular flexibility index (Phi) is 11.6. The molecule has 14 nitrogen and oxygen atoms in total. The average molecular weight is 716 g/mol. The Morgan fingerprint density at radius 2 is 1.45 bits per heavy atom. The summed E-state index contributed by atoms with van der Waals surface area (Å²) >= 11 is 1.44. The zero-order chi connectivity index (χ0) is 36.3. The van der Waals surface area contributed by atoms with Gasteiger partial charge in [0.25, 0.3) is 11.4 Å². The number of hydrogen-bond donors (Lipinski definition) is 0. The van der Waals surface area contributed by atoms with Gasteiger partial charge in [0.15, 0.2) is 8.32 Å². The first kappa shape index (κ1) is 37.5. The molecule has 49 heavy (non-hydrogen) atoms. The van der Waals surface area contributed by atoms with Crippen molar-refractivity contribution in [1.82, 2.24) is 4.90 Å². The maximum Gasteiger partial charge on any atom is 0.508 e. The van der Waals surface area contributed by atoms with Crippen LogP contribution in [0.4, 0.5) is 16.2 Å². The fourth-order valence-corrected chi connectivity index (χ4v) is 7.58. The van der Waals surface area contributed by atoms with E-state index in [4.69, 9.17) is 18.6 Å². The van der Waals surface area contributed by atoms with E-state index in [0.29, 0.717) is 29.1 Å². The summed E-state index contributed by atoms with van der Waals surface area (Å²) in [7, 11) is -2.04. The number of carbonyl (C=O) groups excluding carboxylic acids is 3. The maximum absolute atomic E-state index is 13.5. The zero-order valence-corrected chi connectivity index (χ0v) is 30.3. The Morgan fingerprint density at radius 1 is 0.939 bits per heavy atom. The number of esters is 1. The van der Waals surface area contributed by atoms with Gasteiger partial charge in [0, 0.05) is 47.4 Å². The molecule has 0 saturated carbocycles. The first-order valence-electron chi connectivity index (χ1n) is 15.7. The minimum Gasteiger partial charge on any atom is -0.456 e. The van der Waals surface area contributed by atoms with E-state index < -0.39 is 54.3 Å². The van der Waals surface area contributed by atoms with Gasteiger partial charge in [-0.25, -0.2) is 9.59 Å². The van der Waals surface area contributed by atoms with Crippen molar-refractivity contribution >= 4 is 49.5 Å². The molecule has 1 saturated heterocycles. The fraction of sp³-hybridized carbons (Fsp3) is 0.485. The lowest BCUT2D eigenvalue weighted by atomic mass is 9.83. The van der Waals surface area contributed by atoms with E-state index in [9.17, 15) is 34.6 Å². The number of ether oxygens (including phenoxy) is 3. The van der Waals surface area contributed by atoms with Crippen molar-refractivity contribution in [1.29, 1.82) is 0 Å². The molecule has 1 amide bonds. The Bertz CT molecular complexity index is 1620. The van der Waals surface area contributed by atoms with Gasteiger partial charge >= 0.3 is 12.1 Å². The molecular weight excluding hydrogens is 675 g/mol. The number of nitro benzene ring substituents is 2. The molecular formula is C33H41N3O11SSi. The highest BCUT2D eigenvalue weighted by Gasteiger charge is 2.58. The predicted molar refractivity (Wildman–Crippen MR) is 183 cm³/mol. The van der Waals surface area contributed by atoms with E-state index in [0.717, 1.165) is 0 Å². The van der Waals surface area contributed by atoms with Crippen LogP contribution >= 0.6 is 11.8 Å². The molecule has 0 bridgehead atoms. The lowest BCUT2D eigenvalue weighted by molar-refractivity contribution is -0.385. The molecule has 0 aliphatic carbocycles. The summed E-state index contributed by atoms with van der Waals surface area (Å²) in [4.78, 5) is 62.5. The number of β-lactam (4-membered cyclic amide) rings is 1. The SMILES string of the molecule is CC(CO[Si](C)(C)C(C)(C)C)SC1=C(C(=O)OCc2ccc([N+](=O)[O-])cc2)N2C(=O)C(C(C)OC(=O)OCc3ccc([N+](=O)[O-])cc3)[C@H]2C1. The van der Waals surface area contributed by atoms with Crippen molar-refractivity contribution in [3.05, 3.63) is 90.5 Å². The first-order chi connectivity index (χ1) is 22.9. The zero-order valence-electron chi connectivity index (χ0n) is 28.5. The Balaban J connectivity index is 1.43. The quantitative estimate of drug-likeness (QED) is 0.0652. The third kappa shape index (κ3) is 8.85. The number of benzene rings is 2. The van der Waals surface area contributed by atoms with E-state index in [2.05, 4.69) is 33.9 Å². The molecule has 1 fully saturated rings. The van der Waals surface area contributed by atoms with Crippen molar-refractivity contribution < 1.29 is 42.9 Å². The van der Waals surface area contributed by atoms with Crippen molar-refractivity contribution in [2.24, 2.45) is 5.92 Å². The number of rotatable bonds is 14. The van der Waals surface area contributed by atoms with Gasteiger partial charge < -0.3 is 23.5 Å². The molecule has 2 aromatic carbocycles.